The van der Waals surface area contributed by atoms with Gasteiger partial charge in [-0.05, 0) is 32.1 Å². The molecular formula is C14H16F3N2O3S+. The molecule has 23 heavy (non-hydrogen) atoms. The van der Waals surface area contributed by atoms with E-state index in [-0.39, 0.29) is 21.9 Å². The van der Waals surface area contributed by atoms with Crippen LogP contribution >= 0.6 is 0 Å². The minimum atomic E-state index is -4.66. The number of nitrogens with two attached hydrogens (primary N) is 1. The van der Waals surface area contributed by atoms with E-state index in [1.54, 1.807) is 0 Å². The van der Waals surface area contributed by atoms with Crippen LogP contribution in [0.2, 0.25) is 0 Å². The number of ketones is 1. The molecule has 1 unspecified atom stereocenters. The summed E-state index contributed by atoms with van der Waals surface area (Å²) in [6.07, 6.45) is -3.24. The number of nitrogens with zero attached hydrogens (tertiary/aromatic N) is 1. The average molecular weight is 349 g/mol. The molecule has 1 aromatic rings. The van der Waals surface area contributed by atoms with E-state index in [9.17, 15) is 26.7 Å². The van der Waals surface area contributed by atoms with Gasteiger partial charge in [-0.3, -0.25) is 9.79 Å². The van der Waals surface area contributed by atoms with Gasteiger partial charge in [0.05, 0.1) is 11.3 Å². The predicted octanol–water partition coefficient (Wildman–Crippen LogP) is 3.35. The number of carbonyl (C=O) groups is 1. The van der Waals surface area contributed by atoms with Gasteiger partial charge in [-0.2, -0.15) is 17.7 Å². The Morgan fingerprint density at radius 1 is 1.43 bits per heavy atom. The first-order valence-electron chi connectivity index (χ1n) is 6.45. The van der Waals surface area contributed by atoms with Gasteiger partial charge in [0.2, 0.25) is 15.1 Å². The highest BCUT2D eigenvalue weighted by Gasteiger charge is 2.32. The second kappa shape index (κ2) is 7.05. The van der Waals surface area contributed by atoms with Gasteiger partial charge in [0, 0.05) is 12.3 Å². The van der Waals surface area contributed by atoms with E-state index < -0.39 is 27.9 Å². The smallest absolute Gasteiger partial charge is 0.395 e. The summed E-state index contributed by atoms with van der Waals surface area (Å²) in [5.74, 6) is -0.506. The third kappa shape index (κ3) is 5.00. The summed E-state index contributed by atoms with van der Waals surface area (Å²) in [5.41, 5.74) is 3.70. The lowest BCUT2D eigenvalue weighted by Gasteiger charge is -2.07. The second-order valence-corrected chi connectivity index (χ2v) is 6.86. The highest BCUT2D eigenvalue weighted by atomic mass is 32.3. The fraction of sp³-hybridized carbons (Fsp3) is 0.286. The van der Waals surface area contributed by atoms with E-state index in [0.717, 1.165) is 6.21 Å². The largest absolute Gasteiger partial charge is 0.430 e. The highest BCUT2D eigenvalue weighted by molar-refractivity contribution is 7.97. The van der Waals surface area contributed by atoms with E-state index in [0.29, 0.717) is 6.08 Å². The van der Waals surface area contributed by atoms with Crippen molar-refractivity contribution in [3.05, 3.63) is 35.5 Å². The van der Waals surface area contributed by atoms with Crippen molar-refractivity contribution in [3.8, 4) is 0 Å². The summed E-state index contributed by atoms with van der Waals surface area (Å²) in [6.45, 7) is 2.73. The molecule has 0 saturated heterocycles. The second-order valence-electron chi connectivity index (χ2n) is 4.56. The van der Waals surface area contributed by atoms with Gasteiger partial charge in [0.15, 0.2) is 5.78 Å². The Morgan fingerprint density at radius 2 is 2.04 bits per heavy atom. The molecule has 3 N–H and O–H groups in total. The molecule has 0 aliphatic carbocycles. The number of carbonyl (C=O) groups excluding carboxylic acids is 1. The minimum Gasteiger partial charge on any atom is -0.395 e. The summed E-state index contributed by atoms with van der Waals surface area (Å²) in [4.78, 5) is 15.2. The molecule has 1 rings (SSSR count). The van der Waals surface area contributed by atoms with E-state index in [1.165, 1.54) is 32.0 Å². The standard InChI is InChI=1S/C14H15F3N2O3S/c1-3-23(21,22)12-8-10(4-5-11(12)9(2)20)19-7-6-13(18)14(15,16)17/h4-8H,3H2,1-2H3,(H2-,18,19,20,21,22)/p+1. The van der Waals surface area contributed by atoms with Crippen LogP contribution in [0.4, 0.5) is 18.9 Å². The molecular weight excluding hydrogens is 333 g/mol. The van der Waals surface area contributed by atoms with Gasteiger partial charge in [-0.25, -0.2) is 0 Å². The number of aliphatic imine (C=N–C) groups is 1. The number of allylic oxidation sites excluding steroid dienone is 2. The summed E-state index contributed by atoms with van der Waals surface area (Å²) < 4.78 is 58.7. The summed E-state index contributed by atoms with van der Waals surface area (Å²) in [6, 6.07) is 3.88. The minimum absolute atomic E-state index is 0.0728. The van der Waals surface area contributed by atoms with Crippen molar-refractivity contribution in [2.24, 2.45) is 10.7 Å². The monoisotopic (exact) mass is 349 g/mol. The van der Waals surface area contributed by atoms with E-state index in [2.05, 4.69) is 4.99 Å². The molecule has 0 aromatic heterocycles. The molecule has 9 heteroatoms. The first-order valence-corrected chi connectivity index (χ1v) is 8.13. The quantitative estimate of drug-likeness (QED) is 0.484. The van der Waals surface area contributed by atoms with Crippen molar-refractivity contribution in [2.75, 3.05) is 5.75 Å². The van der Waals surface area contributed by atoms with Crippen LogP contribution in [-0.4, -0.2) is 28.5 Å². The number of halogens is 3. The maximum atomic E-state index is 12.2. The maximum Gasteiger partial charge on any atom is 0.430 e. The van der Waals surface area contributed by atoms with Crippen molar-refractivity contribution >= 4 is 27.9 Å². The van der Waals surface area contributed by atoms with Gasteiger partial charge in [-0.15, -0.1) is 0 Å². The van der Waals surface area contributed by atoms with Crippen LogP contribution in [0.3, 0.4) is 0 Å². The average Bonchev–Trinajstić information content (AvgIpc) is 2.45. The number of hydrogen-bond acceptors (Lipinski definition) is 4. The van der Waals surface area contributed by atoms with E-state index >= 15 is 0 Å². The number of alkyl halides is 3. The van der Waals surface area contributed by atoms with Crippen molar-refractivity contribution in [1.29, 1.82) is 0 Å². The molecule has 0 amide bonds. The van der Waals surface area contributed by atoms with Gasteiger partial charge in [-0.1, -0.05) is 4.21 Å². The van der Waals surface area contributed by atoms with Crippen LogP contribution in [0, 0.1) is 0 Å². The lowest BCUT2D eigenvalue weighted by molar-refractivity contribution is -0.0925. The SMILES string of the molecule is CC[S+](=O)(O)c1cc(N=CC=C(N)C(F)(F)F)ccc1C(C)=O. The zero-order valence-electron chi connectivity index (χ0n) is 12.4. The molecule has 0 saturated carbocycles. The lowest BCUT2D eigenvalue weighted by Crippen LogP contribution is -2.19. The summed E-state index contributed by atoms with van der Waals surface area (Å²) in [7, 11) is -3.43. The first kappa shape index (κ1) is 19.0. The van der Waals surface area contributed by atoms with Crippen molar-refractivity contribution in [2.45, 2.75) is 24.9 Å². The summed E-state index contributed by atoms with van der Waals surface area (Å²) in [5, 5.41) is 0. The molecule has 0 heterocycles. The molecule has 1 aromatic carbocycles. The fourth-order valence-corrected chi connectivity index (χ4v) is 2.77. The molecule has 126 valence electrons. The number of Topliss-reactive ketones (excluding diaryl/α,β-unsaturated/α-hetero) is 1. The van der Waals surface area contributed by atoms with Crippen molar-refractivity contribution < 1.29 is 26.7 Å². The normalized spacial score (nSPS) is 15.7. The molecule has 0 spiro atoms. The maximum absolute atomic E-state index is 12.2. The Kier molecular flexibility index (Phi) is 5.84. The Balaban J connectivity index is 3.24. The third-order valence-electron chi connectivity index (χ3n) is 2.88. The molecule has 0 fully saturated rings. The zero-order valence-corrected chi connectivity index (χ0v) is 13.2. The van der Waals surface area contributed by atoms with Crippen LogP contribution in [0.25, 0.3) is 0 Å². The highest BCUT2D eigenvalue weighted by Crippen LogP contribution is 2.27. The Morgan fingerprint density at radius 3 is 2.52 bits per heavy atom. The van der Waals surface area contributed by atoms with Crippen LogP contribution in [0.15, 0.2) is 39.9 Å². The first-order chi connectivity index (χ1) is 10.5. The van der Waals surface area contributed by atoms with Crippen molar-refractivity contribution in [1.82, 2.24) is 0 Å². The lowest BCUT2D eigenvalue weighted by atomic mass is 10.1. The number of hydrogen-bond donors (Lipinski definition) is 2. The predicted molar refractivity (Wildman–Crippen MR) is 82.4 cm³/mol. The molecule has 0 aliphatic heterocycles. The van der Waals surface area contributed by atoms with Crippen LogP contribution in [0.1, 0.15) is 24.2 Å². The Labute approximate surface area is 132 Å². The van der Waals surface area contributed by atoms with Crippen LogP contribution < -0.4 is 5.73 Å². The van der Waals surface area contributed by atoms with Gasteiger partial charge >= 0.3 is 6.18 Å². The topological polar surface area (TPSA) is 92.8 Å². The van der Waals surface area contributed by atoms with Gasteiger partial charge < -0.3 is 5.73 Å². The van der Waals surface area contributed by atoms with Crippen LogP contribution in [-0.2, 0) is 14.4 Å². The molecule has 1 atom stereocenters. The van der Waals surface area contributed by atoms with Crippen molar-refractivity contribution in [3.63, 3.8) is 0 Å². The van der Waals surface area contributed by atoms with Gasteiger partial charge in [0.1, 0.15) is 11.4 Å². The number of benzene rings is 1. The summed E-state index contributed by atoms with van der Waals surface area (Å²) >= 11 is 0. The van der Waals surface area contributed by atoms with Crippen LogP contribution in [0.5, 0.6) is 0 Å². The zero-order chi connectivity index (χ0) is 17.8. The van der Waals surface area contributed by atoms with E-state index in [1.807, 2.05) is 0 Å². The molecule has 0 radical (unpaired) electrons. The Bertz CT molecular complexity index is 712. The molecule has 0 bridgehead atoms. The van der Waals surface area contributed by atoms with Gasteiger partial charge in [0.25, 0.3) is 0 Å². The number of rotatable bonds is 5. The fourth-order valence-electron chi connectivity index (χ4n) is 1.60. The Hall–Kier alpha value is -2.00. The molecule has 0 aliphatic rings. The molecule has 5 nitrogen and oxygen atoms in total. The van der Waals surface area contributed by atoms with E-state index in [4.69, 9.17) is 5.73 Å². The third-order valence-corrected chi connectivity index (χ3v) is 4.69.